The summed E-state index contributed by atoms with van der Waals surface area (Å²) in [5.41, 5.74) is 1.86. The number of urea groups is 1. The maximum atomic E-state index is 12.5. The van der Waals surface area contributed by atoms with Crippen LogP contribution >= 0.6 is 0 Å². The molecule has 25 heavy (non-hydrogen) atoms. The Hall–Kier alpha value is -3.09. The molecule has 3 rings (SSSR count). The summed E-state index contributed by atoms with van der Waals surface area (Å²) < 4.78 is 3.70. The van der Waals surface area contributed by atoms with E-state index in [0.717, 1.165) is 17.2 Å². The SMILES string of the molecule is CC(NC(=O)N(C)Cc1ccn(C)n1)c1nccn1-c1ccccc1. The molecular weight excluding hydrogens is 316 g/mol. The van der Waals surface area contributed by atoms with Crippen LogP contribution in [-0.4, -0.2) is 37.3 Å². The van der Waals surface area contributed by atoms with Crippen molar-refractivity contribution in [3.05, 3.63) is 66.5 Å². The molecule has 0 aliphatic heterocycles. The summed E-state index contributed by atoms with van der Waals surface area (Å²) in [7, 11) is 3.61. The number of nitrogens with one attached hydrogen (secondary N) is 1. The van der Waals surface area contributed by atoms with Crippen LogP contribution in [0.25, 0.3) is 5.69 Å². The van der Waals surface area contributed by atoms with Crippen molar-refractivity contribution in [1.29, 1.82) is 0 Å². The summed E-state index contributed by atoms with van der Waals surface area (Å²) in [6, 6.07) is 11.4. The third-order valence-corrected chi connectivity index (χ3v) is 3.95. The van der Waals surface area contributed by atoms with Gasteiger partial charge in [0.2, 0.25) is 0 Å². The first-order valence-electron chi connectivity index (χ1n) is 8.13. The Kier molecular flexibility index (Phi) is 4.83. The van der Waals surface area contributed by atoms with Gasteiger partial charge >= 0.3 is 6.03 Å². The molecule has 1 aromatic carbocycles. The Balaban J connectivity index is 1.67. The van der Waals surface area contributed by atoms with Crippen LogP contribution in [0.2, 0.25) is 0 Å². The first-order valence-corrected chi connectivity index (χ1v) is 8.13. The Bertz CT molecular complexity index is 838. The van der Waals surface area contributed by atoms with Gasteiger partial charge in [-0.05, 0) is 25.1 Å². The van der Waals surface area contributed by atoms with Crippen LogP contribution in [0.15, 0.2) is 55.0 Å². The van der Waals surface area contributed by atoms with Gasteiger partial charge in [-0.1, -0.05) is 18.2 Å². The molecule has 7 nitrogen and oxygen atoms in total. The number of imidazole rings is 1. The van der Waals surface area contributed by atoms with Gasteiger partial charge in [0.25, 0.3) is 0 Å². The van der Waals surface area contributed by atoms with E-state index in [1.165, 1.54) is 0 Å². The topological polar surface area (TPSA) is 68.0 Å². The van der Waals surface area contributed by atoms with E-state index in [4.69, 9.17) is 0 Å². The van der Waals surface area contributed by atoms with Gasteiger partial charge in [0.15, 0.2) is 0 Å². The lowest BCUT2D eigenvalue weighted by molar-refractivity contribution is 0.202. The van der Waals surface area contributed by atoms with Crippen LogP contribution in [-0.2, 0) is 13.6 Å². The molecule has 2 aromatic heterocycles. The van der Waals surface area contributed by atoms with Crippen molar-refractivity contribution in [3.63, 3.8) is 0 Å². The third kappa shape index (κ3) is 3.88. The quantitative estimate of drug-likeness (QED) is 0.777. The van der Waals surface area contributed by atoms with E-state index in [2.05, 4.69) is 15.4 Å². The number of carbonyl (C=O) groups is 1. The molecule has 7 heteroatoms. The van der Waals surface area contributed by atoms with E-state index in [9.17, 15) is 4.79 Å². The number of amides is 2. The molecule has 0 saturated heterocycles. The molecule has 1 unspecified atom stereocenters. The zero-order valence-corrected chi connectivity index (χ0v) is 14.6. The Morgan fingerprint density at radius 1 is 1.24 bits per heavy atom. The smallest absolute Gasteiger partial charge is 0.318 e. The molecule has 2 amide bonds. The standard InChI is InChI=1S/C18H22N6O/c1-14(17-19-10-12-24(17)16-7-5-4-6-8-16)20-18(25)22(2)13-15-9-11-23(3)21-15/h4-12,14H,13H2,1-3H3,(H,20,25). The molecule has 1 N–H and O–H groups in total. The van der Waals surface area contributed by atoms with Gasteiger partial charge in [0.1, 0.15) is 5.82 Å². The summed E-state index contributed by atoms with van der Waals surface area (Å²) in [6.07, 6.45) is 5.49. The summed E-state index contributed by atoms with van der Waals surface area (Å²) in [5.74, 6) is 0.783. The maximum absolute atomic E-state index is 12.5. The van der Waals surface area contributed by atoms with Crippen LogP contribution in [0, 0.1) is 0 Å². The fourth-order valence-corrected chi connectivity index (χ4v) is 2.66. The first-order chi connectivity index (χ1) is 12.0. The molecule has 2 heterocycles. The van der Waals surface area contributed by atoms with Gasteiger partial charge in [0.05, 0.1) is 18.3 Å². The van der Waals surface area contributed by atoms with Crippen LogP contribution in [0.5, 0.6) is 0 Å². The van der Waals surface area contributed by atoms with Gasteiger partial charge in [-0.3, -0.25) is 4.68 Å². The molecule has 0 saturated carbocycles. The van der Waals surface area contributed by atoms with Crippen LogP contribution in [0.3, 0.4) is 0 Å². The first kappa shape index (κ1) is 16.8. The number of rotatable bonds is 5. The molecule has 1 atom stereocenters. The molecule has 3 aromatic rings. The molecule has 0 radical (unpaired) electrons. The zero-order chi connectivity index (χ0) is 17.8. The second-order valence-electron chi connectivity index (χ2n) is 6.00. The van der Waals surface area contributed by atoms with Crippen molar-refractivity contribution in [2.45, 2.75) is 19.5 Å². The van der Waals surface area contributed by atoms with Gasteiger partial charge in [-0.15, -0.1) is 0 Å². The van der Waals surface area contributed by atoms with E-state index in [1.807, 2.05) is 67.3 Å². The molecule has 0 aliphatic rings. The molecule has 130 valence electrons. The van der Waals surface area contributed by atoms with Gasteiger partial charge in [-0.25, -0.2) is 9.78 Å². The Labute approximate surface area is 146 Å². The van der Waals surface area contributed by atoms with Gasteiger partial charge < -0.3 is 14.8 Å². The molecule has 0 spiro atoms. The summed E-state index contributed by atoms with van der Waals surface area (Å²) >= 11 is 0. The minimum atomic E-state index is -0.228. The average Bonchev–Trinajstić information content (AvgIpc) is 3.24. The normalized spacial score (nSPS) is 12.0. The largest absolute Gasteiger partial charge is 0.328 e. The molecular formula is C18H22N6O. The number of carbonyl (C=O) groups excluding carboxylic acids is 1. The Morgan fingerprint density at radius 3 is 2.68 bits per heavy atom. The van der Waals surface area contributed by atoms with E-state index in [0.29, 0.717) is 6.54 Å². The second kappa shape index (κ2) is 7.21. The lowest BCUT2D eigenvalue weighted by Gasteiger charge is -2.21. The monoisotopic (exact) mass is 338 g/mol. The number of aryl methyl sites for hydroxylation is 1. The lowest BCUT2D eigenvalue weighted by Crippen LogP contribution is -2.39. The van der Waals surface area contributed by atoms with Crippen molar-refractivity contribution >= 4 is 6.03 Å². The number of hydrogen-bond donors (Lipinski definition) is 1. The second-order valence-corrected chi connectivity index (χ2v) is 6.00. The van der Waals surface area contributed by atoms with Crippen molar-refractivity contribution in [2.75, 3.05) is 7.05 Å². The fourth-order valence-electron chi connectivity index (χ4n) is 2.66. The lowest BCUT2D eigenvalue weighted by atomic mass is 10.2. The molecule has 0 aliphatic carbocycles. The van der Waals surface area contributed by atoms with Crippen molar-refractivity contribution in [1.82, 2.24) is 29.5 Å². The highest BCUT2D eigenvalue weighted by Crippen LogP contribution is 2.16. The summed E-state index contributed by atoms with van der Waals surface area (Å²) in [4.78, 5) is 18.5. The number of nitrogens with zero attached hydrogens (tertiary/aromatic N) is 5. The van der Waals surface area contributed by atoms with Gasteiger partial charge in [0, 0.05) is 38.4 Å². The molecule has 0 fully saturated rings. The van der Waals surface area contributed by atoms with Crippen LogP contribution < -0.4 is 5.32 Å². The molecule has 0 bridgehead atoms. The number of benzene rings is 1. The number of hydrogen-bond acceptors (Lipinski definition) is 3. The van der Waals surface area contributed by atoms with Crippen molar-refractivity contribution < 1.29 is 4.79 Å². The highest BCUT2D eigenvalue weighted by Gasteiger charge is 2.18. The van der Waals surface area contributed by atoms with E-state index in [1.54, 1.807) is 22.8 Å². The number of aromatic nitrogens is 4. The fraction of sp³-hybridized carbons (Fsp3) is 0.278. The maximum Gasteiger partial charge on any atom is 0.318 e. The summed E-state index contributed by atoms with van der Waals surface area (Å²) in [6.45, 7) is 2.38. The van der Waals surface area contributed by atoms with Crippen LogP contribution in [0.4, 0.5) is 4.79 Å². The van der Waals surface area contributed by atoms with Crippen molar-refractivity contribution in [3.8, 4) is 5.69 Å². The predicted molar refractivity (Wildman–Crippen MR) is 95.2 cm³/mol. The highest BCUT2D eigenvalue weighted by molar-refractivity contribution is 5.74. The minimum absolute atomic E-state index is 0.166. The zero-order valence-electron chi connectivity index (χ0n) is 14.6. The minimum Gasteiger partial charge on any atom is -0.328 e. The predicted octanol–water partition coefficient (Wildman–Crippen LogP) is 2.51. The van der Waals surface area contributed by atoms with Crippen molar-refractivity contribution in [2.24, 2.45) is 7.05 Å². The van der Waals surface area contributed by atoms with E-state index in [-0.39, 0.29) is 12.1 Å². The van der Waals surface area contributed by atoms with E-state index < -0.39 is 0 Å². The average molecular weight is 338 g/mol. The Morgan fingerprint density at radius 2 is 2.00 bits per heavy atom. The highest BCUT2D eigenvalue weighted by atomic mass is 16.2. The van der Waals surface area contributed by atoms with Gasteiger partial charge in [-0.2, -0.15) is 5.10 Å². The third-order valence-electron chi connectivity index (χ3n) is 3.95. The van der Waals surface area contributed by atoms with Crippen LogP contribution in [0.1, 0.15) is 24.5 Å². The number of para-hydroxylation sites is 1. The summed E-state index contributed by atoms with van der Waals surface area (Å²) in [5, 5.41) is 7.28. The van der Waals surface area contributed by atoms with E-state index >= 15 is 0 Å².